The molecule has 5 nitrogen and oxygen atoms in total. The Morgan fingerprint density at radius 3 is 1.69 bits per heavy atom. The molecule has 0 aromatic heterocycles. The summed E-state index contributed by atoms with van der Waals surface area (Å²) in [5.41, 5.74) is 1.20. The average molecular weight is 498 g/mol. The third-order valence-electron chi connectivity index (χ3n) is 5.70. The van der Waals surface area contributed by atoms with E-state index in [1.807, 2.05) is 0 Å². The van der Waals surface area contributed by atoms with Gasteiger partial charge < -0.3 is 9.47 Å². The van der Waals surface area contributed by atoms with Crippen molar-refractivity contribution in [1.29, 1.82) is 10.5 Å². The summed E-state index contributed by atoms with van der Waals surface area (Å²) in [6.07, 6.45) is -9.96. The monoisotopic (exact) mass is 498 g/mol. The predicted molar refractivity (Wildman–Crippen MR) is 111 cm³/mol. The van der Waals surface area contributed by atoms with Crippen LogP contribution in [0, 0.1) is 22.7 Å². The van der Waals surface area contributed by atoms with E-state index in [2.05, 4.69) is 9.47 Å². The second-order valence-corrected chi connectivity index (χ2v) is 7.72. The molecule has 0 aliphatic heterocycles. The van der Waals surface area contributed by atoms with Gasteiger partial charge in [-0.05, 0) is 58.1 Å². The fraction of sp³-hybridized carbons (Fsp3) is 0.0800. The van der Waals surface area contributed by atoms with Crippen LogP contribution in [0.15, 0.2) is 54.1 Å². The lowest BCUT2D eigenvalue weighted by Crippen LogP contribution is -2.17. The summed E-state index contributed by atoms with van der Waals surface area (Å²) >= 11 is 0. The van der Waals surface area contributed by atoms with E-state index in [0.717, 1.165) is 24.3 Å². The van der Waals surface area contributed by atoms with Gasteiger partial charge in [0.25, 0.3) is 0 Å². The summed E-state index contributed by atoms with van der Waals surface area (Å²) in [4.78, 5) is 13.4. The molecule has 0 saturated heterocycles. The number of alkyl halides is 6. The molecule has 0 saturated carbocycles. The molecule has 3 aromatic carbocycles. The number of allylic oxidation sites excluding steroid dienone is 1. The maximum atomic E-state index is 13.4. The number of nitriles is 2. The highest BCUT2D eigenvalue weighted by Crippen LogP contribution is 2.53. The van der Waals surface area contributed by atoms with Crippen molar-refractivity contribution in [2.24, 2.45) is 0 Å². The molecule has 0 N–H and O–H groups in total. The second kappa shape index (κ2) is 7.62. The number of hydrogen-bond acceptors (Lipinski definition) is 5. The Labute approximate surface area is 198 Å². The molecule has 0 spiro atoms. The van der Waals surface area contributed by atoms with E-state index in [4.69, 9.17) is 0 Å². The van der Waals surface area contributed by atoms with Crippen molar-refractivity contribution < 1.29 is 40.6 Å². The van der Waals surface area contributed by atoms with Crippen LogP contribution in [0.4, 0.5) is 26.3 Å². The van der Waals surface area contributed by atoms with E-state index in [1.54, 1.807) is 12.1 Å². The van der Waals surface area contributed by atoms with E-state index < -0.39 is 35.6 Å². The average Bonchev–Trinajstić information content (AvgIpc) is 3.25. The normalized spacial score (nSPS) is 13.2. The van der Waals surface area contributed by atoms with Gasteiger partial charge in [0.05, 0.1) is 0 Å². The van der Waals surface area contributed by atoms with Crippen LogP contribution in [0.2, 0.25) is 0 Å². The molecule has 3 aromatic rings. The van der Waals surface area contributed by atoms with Crippen molar-refractivity contribution in [1.82, 2.24) is 0 Å². The largest absolute Gasteiger partial charge is 0.573 e. The number of carbonyl (C=O) groups is 1. The smallest absolute Gasteiger partial charge is 0.406 e. The van der Waals surface area contributed by atoms with Crippen LogP contribution in [0.1, 0.15) is 27.0 Å². The third kappa shape index (κ3) is 3.62. The molecule has 0 atom stereocenters. The fourth-order valence-electron chi connectivity index (χ4n) is 4.53. The van der Waals surface area contributed by atoms with Gasteiger partial charge >= 0.3 is 12.7 Å². The molecule has 178 valence electrons. The van der Waals surface area contributed by atoms with Crippen LogP contribution in [0.3, 0.4) is 0 Å². The van der Waals surface area contributed by atoms with E-state index in [9.17, 15) is 41.7 Å². The molecular formula is C25H8F6N2O3. The molecule has 5 rings (SSSR count). The lowest BCUT2D eigenvalue weighted by Gasteiger charge is -2.11. The molecule has 0 unspecified atom stereocenters. The van der Waals surface area contributed by atoms with E-state index >= 15 is 0 Å². The third-order valence-corrected chi connectivity index (χ3v) is 5.70. The summed E-state index contributed by atoms with van der Waals surface area (Å²) in [6, 6.07) is 13.1. The molecule has 11 heteroatoms. The van der Waals surface area contributed by atoms with Crippen molar-refractivity contribution in [3.8, 4) is 45.9 Å². The Hall–Kier alpha value is -4.77. The molecule has 0 radical (unpaired) electrons. The Bertz CT molecular complexity index is 1590. The summed E-state index contributed by atoms with van der Waals surface area (Å²) < 4.78 is 84.3. The fourth-order valence-corrected chi connectivity index (χ4v) is 4.53. The summed E-state index contributed by atoms with van der Waals surface area (Å²) in [5.74, 6) is -1.82. The zero-order valence-electron chi connectivity index (χ0n) is 17.5. The maximum absolute atomic E-state index is 13.4. The van der Waals surface area contributed by atoms with Crippen molar-refractivity contribution in [3.63, 3.8) is 0 Å². The zero-order chi connectivity index (χ0) is 26.0. The van der Waals surface area contributed by atoms with Crippen LogP contribution in [0.25, 0.3) is 27.8 Å². The molecule has 0 amide bonds. The number of halogens is 6. The Morgan fingerprint density at radius 1 is 0.639 bits per heavy atom. The highest BCUT2D eigenvalue weighted by Gasteiger charge is 2.39. The molecule has 36 heavy (non-hydrogen) atoms. The van der Waals surface area contributed by atoms with Gasteiger partial charge in [0, 0.05) is 22.3 Å². The summed E-state index contributed by atoms with van der Waals surface area (Å²) in [7, 11) is 0. The van der Waals surface area contributed by atoms with E-state index in [1.165, 1.54) is 24.3 Å². The number of fused-ring (bicyclic) bond motifs is 7. The predicted octanol–water partition coefficient (Wildman–Crippen LogP) is 6.52. The first-order valence-corrected chi connectivity index (χ1v) is 9.99. The molecular weight excluding hydrogens is 490 g/mol. The summed E-state index contributed by atoms with van der Waals surface area (Å²) in [6.45, 7) is 0. The lowest BCUT2D eigenvalue weighted by molar-refractivity contribution is -0.275. The van der Waals surface area contributed by atoms with Gasteiger partial charge in [-0.2, -0.15) is 10.5 Å². The van der Waals surface area contributed by atoms with Gasteiger partial charge in [0.1, 0.15) is 29.2 Å². The topological polar surface area (TPSA) is 83.1 Å². The maximum Gasteiger partial charge on any atom is 0.573 e. The SMILES string of the molecule is N#CC(C#N)=C1c2cc(OC(F)(F)F)ccc2-c2c1ccc1c2C(=O)c2cc(OC(F)(F)F)ccc2-1. The van der Waals surface area contributed by atoms with Gasteiger partial charge in [-0.15, -0.1) is 26.3 Å². The molecule has 0 heterocycles. The van der Waals surface area contributed by atoms with Crippen molar-refractivity contribution in [3.05, 3.63) is 76.4 Å². The van der Waals surface area contributed by atoms with Crippen molar-refractivity contribution in [2.45, 2.75) is 12.7 Å². The van der Waals surface area contributed by atoms with Crippen LogP contribution in [-0.4, -0.2) is 18.5 Å². The van der Waals surface area contributed by atoms with Gasteiger partial charge in [-0.3, -0.25) is 4.79 Å². The number of nitrogens with zero attached hydrogens (tertiary/aromatic N) is 2. The lowest BCUT2D eigenvalue weighted by atomic mass is 9.93. The van der Waals surface area contributed by atoms with Crippen LogP contribution in [-0.2, 0) is 0 Å². The standard InChI is InChI=1S/C25H8F6N2O3/c26-24(27,28)35-12-2-4-16-18(7-12)20(11(9-32)10-33)17-6-5-15-14-3-1-13(36-25(29,30)31)8-19(14)23(34)22(15)21(16)17/h1-8H. The van der Waals surface area contributed by atoms with Gasteiger partial charge in [-0.1, -0.05) is 18.2 Å². The van der Waals surface area contributed by atoms with Crippen LogP contribution < -0.4 is 9.47 Å². The minimum atomic E-state index is -4.99. The Kier molecular flexibility index (Phi) is 4.87. The second-order valence-electron chi connectivity index (χ2n) is 7.72. The van der Waals surface area contributed by atoms with Crippen LogP contribution >= 0.6 is 0 Å². The van der Waals surface area contributed by atoms with Gasteiger partial charge in [-0.25, -0.2) is 0 Å². The quantitative estimate of drug-likeness (QED) is 0.204. The van der Waals surface area contributed by atoms with Crippen molar-refractivity contribution in [2.75, 3.05) is 0 Å². The first-order chi connectivity index (χ1) is 16.9. The minimum absolute atomic E-state index is 0.0188. The minimum Gasteiger partial charge on any atom is -0.406 e. The Balaban J connectivity index is 1.74. The first-order valence-electron chi connectivity index (χ1n) is 9.99. The number of hydrogen-bond donors (Lipinski definition) is 0. The molecule has 0 fully saturated rings. The zero-order valence-corrected chi connectivity index (χ0v) is 17.5. The molecule has 2 aliphatic carbocycles. The summed E-state index contributed by atoms with van der Waals surface area (Å²) in [5, 5.41) is 19.0. The highest BCUT2D eigenvalue weighted by molar-refractivity contribution is 6.27. The first kappa shape index (κ1) is 23.0. The molecule has 0 bridgehead atoms. The number of ether oxygens (including phenoxy) is 2. The van der Waals surface area contributed by atoms with Crippen molar-refractivity contribution >= 4 is 11.4 Å². The molecule has 2 aliphatic rings. The van der Waals surface area contributed by atoms with E-state index in [0.29, 0.717) is 11.1 Å². The Morgan fingerprint density at radius 2 is 1.14 bits per heavy atom. The number of benzene rings is 3. The van der Waals surface area contributed by atoms with Gasteiger partial charge in [0.2, 0.25) is 0 Å². The highest BCUT2D eigenvalue weighted by atomic mass is 19.4. The number of rotatable bonds is 2. The van der Waals surface area contributed by atoms with Gasteiger partial charge in [0.15, 0.2) is 5.78 Å². The number of ketones is 1. The number of carbonyl (C=O) groups excluding carboxylic acids is 1. The van der Waals surface area contributed by atoms with Crippen LogP contribution in [0.5, 0.6) is 11.5 Å². The van der Waals surface area contributed by atoms with E-state index in [-0.39, 0.29) is 39.0 Å².